The minimum Gasteiger partial charge on any atom is -0.326 e. The van der Waals surface area contributed by atoms with Gasteiger partial charge in [0.2, 0.25) is 0 Å². The summed E-state index contributed by atoms with van der Waals surface area (Å²) in [6.45, 7) is 0.120. The molecule has 2 heterocycles. The summed E-state index contributed by atoms with van der Waals surface area (Å²) in [7, 11) is 0. The van der Waals surface area contributed by atoms with E-state index >= 15 is 4.39 Å². The number of benzene rings is 2. The molecule has 0 spiro atoms. The number of carbonyl (C=O) groups excluding carboxylic acids is 1. The first kappa shape index (κ1) is 28.9. The summed E-state index contributed by atoms with van der Waals surface area (Å²) in [6, 6.07) is 17.7. The molecule has 12 heteroatoms. The van der Waals surface area contributed by atoms with Gasteiger partial charge in [-0.25, -0.2) is 14.1 Å². The fraction of sp³-hybridized carbons (Fsp3) is 0.267. The van der Waals surface area contributed by atoms with E-state index in [-0.39, 0.29) is 23.6 Å². The molecule has 0 unspecified atom stereocenters. The molecule has 1 aliphatic carbocycles. The minimum absolute atomic E-state index is 0.120. The highest BCUT2D eigenvalue weighted by molar-refractivity contribution is 6.03. The molecule has 2 aromatic carbocycles. The summed E-state index contributed by atoms with van der Waals surface area (Å²) in [5, 5.41) is 15.4. The second-order valence-corrected chi connectivity index (χ2v) is 10.3. The number of nitrogens with zero attached hydrogens (tertiary/aromatic N) is 4. The summed E-state index contributed by atoms with van der Waals surface area (Å²) in [6.07, 6.45) is -1.46. The molecule has 1 atom stereocenters. The Morgan fingerprint density at radius 3 is 2.52 bits per heavy atom. The first-order valence-electron chi connectivity index (χ1n) is 13.3. The van der Waals surface area contributed by atoms with Gasteiger partial charge in [-0.3, -0.25) is 4.79 Å². The van der Waals surface area contributed by atoms with Crippen LogP contribution < -0.4 is 16.8 Å². The number of hydrogen-bond donors (Lipinski definition) is 3. The molecular weight excluding hydrogens is 550 g/mol. The van der Waals surface area contributed by atoms with Gasteiger partial charge < -0.3 is 16.8 Å². The van der Waals surface area contributed by atoms with E-state index in [0.29, 0.717) is 35.2 Å². The highest BCUT2D eigenvalue weighted by Crippen LogP contribution is 2.40. The van der Waals surface area contributed by atoms with E-state index in [0.717, 1.165) is 30.0 Å². The number of rotatable bonds is 9. The summed E-state index contributed by atoms with van der Waals surface area (Å²) in [5.74, 6) is -1.33. The third kappa shape index (κ3) is 6.02. The van der Waals surface area contributed by atoms with Crippen molar-refractivity contribution in [2.75, 3.05) is 5.32 Å². The van der Waals surface area contributed by atoms with Crippen LogP contribution >= 0.6 is 0 Å². The standard InChI is InChI=1S/C30H27F4N7O/c31-23-10-9-20(29(37,12-11-18-7-8-18)26-6-2-4-21(17-36)38-26)14-24(23)39-28(42)25-15-27(30(32,33)34)40-41(25)22-5-1-3-19(13-22)16-35/h1-6,9-10,13-15,18H,7-8,11-12,16,35,37H2,(H,39,42)/t29-/m1/s1. The van der Waals surface area contributed by atoms with E-state index in [1.807, 2.05) is 6.07 Å². The maximum absolute atomic E-state index is 15.1. The molecule has 0 radical (unpaired) electrons. The minimum atomic E-state index is -4.83. The number of amides is 1. The van der Waals surface area contributed by atoms with Gasteiger partial charge in [0.1, 0.15) is 23.3 Å². The number of alkyl halides is 3. The van der Waals surface area contributed by atoms with Crippen molar-refractivity contribution >= 4 is 11.6 Å². The van der Waals surface area contributed by atoms with Gasteiger partial charge in [-0.1, -0.05) is 37.1 Å². The van der Waals surface area contributed by atoms with Gasteiger partial charge in [0.05, 0.1) is 22.6 Å². The van der Waals surface area contributed by atoms with Crippen LogP contribution in [0.3, 0.4) is 0 Å². The summed E-state index contributed by atoms with van der Waals surface area (Å²) in [4.78, 5) is 17.8. The quantitative estimate of drug-likeness (QED) is 0.228. The van der Waals surface area contributed by atoms with Crippen LogP contribution in [-0.2, 0) is 18.3 Å². The first-order valence-corrected chi connectivity index (χ1v) is 13.3. The number of anilines is 1. The average molecular weight is 578 g/mol. The lowest BCUT2D eigenvalue weighted by atomic mass is 9.82. The lowest BCUT2D eigenvalue weighted by Gasteiger charge is -2.30. The number of hydrogen-bond acceptors (Lipinski definition) is 6. The van der Waals surface area contributed by atoms with Crippen molar-refractivity contribution in [3.63, 3.8) is 0 Å². The number of nitrogens with one attached hydrogen (secondary N) is 1. The Bertz CT molecular complexity index is 1670. The Morgan fingerprint density at radius 1 is 1.07 bits per heavy atom. The van der Waals surface area contributed by atoms with Crippen LogP contribution in [0, 0.1) is 23.1 Å². The normalized spacial score (nSPS) is 14.7. The van der Waals surface area contributed by atoms with Crippen LogP contribution in [0.15, 0.2) is 66.7 Å². The average Bonchev–Trinajstić information content (AvgIpc) is 3.70. The predicted octanol–water partition coefficient (Wildman–Crippen LogP) is 5.40. The van der Waals surface area contributed by atoms with E-state index in [2.05, 4.69) is 15.4 Å². The zero-order valence-electron chi connectivity index (χ0n) is 22.3. The topological polar surface area (TPSA) is 136 Å². The molecule has 8 nitrogen and oxygen atoms in total. The second kappa shape index (κ2) is 11.3. The van der Waals surface area contributed by atoms with Crippen LogP contribution in [0.2, 0.25) is 0 Å². The van der Waals surface area contributed by atoms with Crippen molar-refractivity contribution in [3.05, 3.63) is 106 Å². The first-order chi connectivity index (χ1) is 20.0. The van der Waals surface area contributed by atoms with Crippen molar-refractivity contribution in [2.45, 2.75) is 43.9 Å². The van der Waals surface area contributed by atoms with Gasteiger partial charge in [-0.15, -0.1) is 0 Å². The molecule has 4 aromatic rings. The fourth-order valence-corrected chi connectivity index (χ4v) is 4.78. The van der Waals surface area contributed by atoms with Gasteiger partial charge in [0.15, 0.2) is 5.69 Å². The summed E-state index contributed by atoms with van der Waals surface area (Å²) < 4.78 is 56.7. The van der Waals surface area contributed by atoms with Gasteiger partial charge in [0.25, 0.3) is 5.91 Å². The Kier molecular flexibility index (Phi) is 7.81. The van der Waals surface area contributed by atoms with E-state index in [1.54, 1.807) is 30.3 Å². The van der Waals surface area contributed by atoms with E-state index in [9.17, 15) is 23.2 Å². The SMILES string of the molecule is N#Cc1cccc([C@@](N)(CCC2CC2)c2ccc(F)c(NC(=O)c3cc(C(F)(F)F)nn3-c3cccc(CN)c3)c2)n1. The predicted molar refractivity (Wildman–Crippen MR) is 147 cm³/mol. The van der Waals surface area contributed by atoms with Crippen LogP contribution in [-0.4, -0.2) is 20.7 Å². The van der Waals surface area contributed by atoms with Crippen LogP contribution in [0.1, 0.15) is 64.4 Å². The zero-order chi connectivity index (χ0) is 30.1. The van der Waals surface area contributed by atoms with Gasteiger partial charge in [0, 0.05) is 12.6 Å². The zero-order valence-corrected chi connectivity index (χ0v) is 22.3. The summed E-state index contributed by atoms with van der Waals surface area (Å²) >= 11 is 0. The molecule has 0 aliphatic heterocycles. The highest BCUT2D eigenvalue weighted by Gasteiger charge is 2.37. The number of pyridine rings is 1. The van der Waals surface area contributed by atoms with Crippen molar-refractivity contribution in [2.24, 2.45) is 17.4 Å². The summed E-state index contributed by atoms with van der Waals surface area (Å²) in [5.41, 5.74) is 11.1. The monoisotopic (exact) mass is 577 g/mol. The Labute approximate surface area is 239 Å². The Morgan fingerprint density at radius 2 is 1.83 bits per heavy atom. The number of aromatic nitrogens is 3. The lowest BCUT2D eigenvalue weighted by molar-refractivity contribution is -0.141. The van der Waals surface area contributed by atoms with Crippen molar-refractivity contribution < 1.29 is 22.4 Å². The van der Waals surface area contributed by atoms with Crippen molar-refractivity contribution in [1.29, 1.82) is 5.26 Å². The molecular formula is C30H27F4N7O. The molecule has 1 fully saturated rings. The van der Waals surface area contributed by atoms with Crippen molar-refractivity contribution in [3.8, 4) is 11.8 Å². The maximum atomic E-state index is 15.1. The van der Waals surface area contributed by atoms with Crippen molar-refractivity contribution in [1.82, 2.24) is 14.8 Å². The molecule has 2 aromatic heterocycles. The fourth-order valence-electron chi connectivity index (χ4n) is 4.78. The number of nitrogens with two attached hydrogens (primary N) is 2. The molecule has 216 valence electrons. The molecule has 5 rings (SSSR count). The van der Waals surface area contributed by atoms with Gasteiger partial charge >= 0.3 is 6.18 Å². The molecule has 42 heavy (non-hydrogen) atoms. The molecule has 0 bridgehead atoms. The molecule has 1 aliphatic rings. The molecule has 1 saturated carbocycles. The molecule has 0 saturated heterocycles. The van der Waals surface area contributed by atoms with E-state index < -0.39 is 34.8 Å². The molecule has 1 amide bonds. The van der Waals surface area contributed by atoms with Gasteiger partial charge in [-0.05, 0) is 66.3 Å². The molecule has 5 N–H and O–H groups in total. The maximum Gasteiger partial charge on any atom is 0.435 e. The van der Waals surface area contributed by atoms with Crippen LogP contribution in [0.25, 0.3) is 5.69 Å². The lowest BCUT2D eigenvalue weighted by Crippen LogP contribution is -2.39. The Balaban J connectivity index is 1.53. The smallest absolute Gasteiger partial charge is 0.326 e. The van der Waals surface area contributed by atoms with Gasteiger partial charge in [-0.2, -0.15) is 23.5 Å². The number of halogens is 4. The van der Waals surface area contributed by atoms with Crippen LogP contribution in [0.5, 0.6) is 0 Å². The third-order valence-corrected chi connectivity index (χ3v) is 7.32. The second-order valence-electron chi connectivity index (χ2n) is 10.3. The Hall–Kier alpha value is -4.60. The number of carbonyl (C=O) groups is 1. The van der Waals surface area contributed by atoms with E-state index in [1.165, 1.54) is 24.3 Å². The van der Waals surface area contributed by atoms with Crippen LogP contribution in [0.4, 0.5) is 23.2 Å². The largest absolute Gasteiger partial charge is 0.435 e. The van der Waals surface area contributed by atoms with E-state index in [4.69, 9.17) is 11.5 Å². The highest BCUT2D eigenvalue weighted by atomic mass is 19.4. The third-order valence-electron chi connectivity index (χ3n) is 7.32. The number of nitriles is 1.